The number of Topliss-reactive ketones (excluding diaryl/α,β-unsaturated/α-hetero) is 1. The number of benzene rings is 1. The average Bonchev–Trinajstić information content (AvgIpc) is 3.03. The number of aromatic nitrogens is 1. The predicted octanol–water partition coefficient (Wildman–Crippen LogP) is 2.43. The number of para-hydroxylation sites is 1. The van der Waals surface area contributed by atoms with Crippen molar-refractivity contribution in [3.63, 3.8) is 0 Å². The van der Waals surface area contributed by atoms with Crippen molar-refractivity contribution in [3.05, 3.63) is 47.4 Å². The van der Waals surface area contributed by atoms with Gasteiger partial charge in [0, 0.05) is 23.5 Å². The van der Waals surface area contributed by atoms with Crippen LogP contribution in [0.15, 0.2) is 41.8 Å². The van der Waals surface area contributed by atoms with Crippen LogP contribution in [0.25, 0.3) is 10.9 Å². The highest BCUT2D eigenvalue weighted by Crippen LogP contribution is 2.22. The maximum Gasteiger partial charge on any atom is 0.345 e. The molecule has 2 heterocycles. The van der Waals surface area contributed by atoms with E-state index in [1.165, 1.54) is 0 Å². The summed E-state index contributed by atoms with van der Waals surface area (Å²) in [5.74, 6) is -1.32. The first-order chi connectivity index (χ1) is 10.2. The molecule has 1 aromatic heterocycles. The van der Waals surface area contributed by atoms with Crippen LogP contribution in [0.3, 0.4) is 0 Å². The quantitative estimate of drug-likeness (QED) is 0.391. The molecule has 1 fully saturated rings. The summed E-state index contributed by atoms with van der Waals surface area (Å²) in [7, 11) is 0. The molecule has 2 N–H and O–H groups in total. The van der Waals surface area contributed by atoms with Gasteiger partial charge in [0.15, 0.2) is 6.61 Å². The number of ketones is 1. The number of allylic oxidation sites excluding steroid dienone is 1. The summed E-state index contributed by atoms with van der Waals surface area (Å²) in [6.07, 6.45) is 3.64. The standard InChI is InChI=1S/C16H15NO4/c18-13(15-14(19)9-21-16(15)20)7-3-4-10-8-17-12-6-2-1-5-11(10)12/h1-2,5-6,8,17-18H,3-4,7,9H2. The van der Waals surface area contributed by atoms with Gasteiger partial charge in [-0.25, -0.2) is 4.79 Å². The molecule has 0 aliphatic carbocycles. The number of H-pyrrole nitrogens is 1. The molecule has 1 aliphatic heterocycles. The number of carbonyl (C=O) groups excluding carboxylic acids is 2. The van der Waals surface area contributed by atoms with E-state index in [1.807, 2.05) is 30.5 Å². The van der Waals surface area contributed by atoms with Crippen molar-refractivity contribution in [1.82, 2.24) is 4.98 Å². The van der Waals surface area contributed by atoms with E-state index in [9.17, 15) is 14.7 Å². The van der Waals surface area contributed by atoms with Gasteiger partial charge in [0.25, 0.3) is 0 Å². The molecule has 0 saturated carbocycles. The summed E-state index contributed by atoms with van der Waals surface area (Å²) in [5.41, 5.74) is 2.04. The van der Waals surface area contributed by atoms with Gasteiger partial charge >= 0.3 is 5.97 Å². The third-order valence-electron chi connectivity index (χ3n) is 3.64. The lowest BCUT2D eigenvalue weighted by Crippen LogP contribution is -2.06. The van der Waals surface area contributed by atoms with E-state index >= 15 is 0 Å². The number of ether oxygens (including phenoxy) is 1. The van der Waals surface area contributed by atoms with Crippen molar-refractivity contribution in [2.45, 2.75) is 19.3 Å². The Morgan fingerprint density at radius 2 is 2.10 bits per heavy atom. The van der Waals surface area contributed by atoms with E-state index in [-0.39, 0.29) is 24.4 Å². The molecule has 0 atom stereocenters. The topological polar surface area (TPSA) is 79.4 Å². The van der Waals surface area contributed by atoms with Gasteiger partial charge in [0.05, 0.1) is 0 Å². The number of rotatable bonds is 4. The first-order valence-corrected chi connectivity index (χ1v) is 6.84. The van der Waals surface area contributed by atoms with Crippen LogP contribution in [0.5, 0.6) is 0 Å². The zero-order valence-electron chi connectivity index (χ0n) is 11.4. The first kappa shape index (κ1) is 13.4. The number of fused-ring (bicyclic) bond motifs is 1. The number of hydrogen-bond acceptors (Lipinski definition) is 4. The summed E-state index contributed by atoms with van der Waals surface area (Å²) >= 11 is 0. The Hall–Kier alpha value is -2.56. The van der Waals surface area contributed by atoms with Crippen LogP contribution in [0.2, 0.25) is 0 Å². The van der Waals surface area contributed by atoms with Crippen molar-refractivity contribution in [3.8, 4) is 0 Å². The van der Waals surface area contributed by atoms with Crippen molar-refractivity contribution < 1.29 is 19.4 Å². The number of cyclic esters (lactones) is 1. The van der Waals surface area contributed by atoms with Crippen LogP contribution < -0.4 is 0 Å². The number of carbonyl (C=O) groups is 2. The van der Waals surface area contributed by atoms with Crippen LogP contribution in [0.4, 0.5) is 0 Å². The highest BCUT2D eigenvalue weighted by Gasteiger charge is 2.31. The Bertz CT molecular complexity index is 724. The molecule has 21 heavy (non-hydrogen) atoms. The van der Waals surface area contributed by atoms with E-state index in [4.69, 9.17) is 0 Å². The van der Waals surface area contributed by atoms with Crippen LogP contribution >= 0.6 is 0 Å². The lowest BCUT2D eigenvalue weighted by molar-refractivity contribution is -0.135. The number of esters is 1. The molecule has 108 valence electrons. The fourth-order valence-corrected chi connectivity index (χ4v) is 2.58. The Kier molecular flexibility index (Phi) is 3.48. The molecule has 0 amide bonds. The van der Waals surface area contributed by atoms with Gasteiger partial charge in [-0.1, -0.05) is 18.2 Å². The molecule has 5 nitrogen and oxygen atoms in total. The molecule has 0 spiro atoms. The third-order valence-corrected chi connectivity index (χ3v) is 3.64. The summed E-state index contributed by atoms with van der Waals surface area (Å²) < 4.78 is 4.60. The molecule has 1 saturated heterocycles. The highest BCUT2D eigenvalue weighted by molar-refractivity contribution is 6.22. The summed E-state index contributed by atoms with van der Waals surface area (Å²) in [4.78, 5) is 25.9. The lowest BCUT2D eigenvalue weighted by atomic mass is 10.0. The summed E-state index contributed by atoms with van der Waals surface area (Å²) in [5, 5.41) is 11.0. The molecule has 1 aromatic carbocycles. The van der Waals surface area contributed by atoms with Crippen molar-refractivity contribution in [1.29, 1.82) is 0 Å². The van der Waals surface area contributed by atoms with Gasteiger partial charge in [0.1, 0.15) is 11.3 Å². The minimum atomic E-state index is -0.718. The number of aryl methyl sites for hydroxylation is 1. The second-order valence-corrected chi connectivity index (χ2v) is 5.03. The normalized spacial score (nSPS) is 17.3. The Morgan fingerprint density at radius 3 is 2.86 bits per heavy atom. The van der Waals surface area contributed by atoms with Gasteiger partial charge in [-0.05, 0) is 24.5 Å². The van der Waals surface area contributed by atoms with E-state index in [0.29, 0.717) is 6.42 Å². The maximum atomic E-state index is 11.4. The molecule has 0 bridgehead atoms. The van der Waals surface area contributed by atoms with Gasteiger partial charge in [-0.3, -0.25) is 4.79 Å². The van der Waals surface area contributed by atoms with Gasteiger partial charge < -0.3 is 14.8 Å². The number of hydrogen-bond donors (Lipinski definition) is 2. The fraction of sp³-hybridized carbons (Fsp3) is 0.250. The van der Waals surface area contributed by atoms with E-state index in [1.54, 1.807) is 0 Å². The van der Waals surface area contributed by atoms with Crippen LogP contribution in [0, 0.1) is 0 Å². The second-order valence-electron chi connectivity index (χ2n) is 5.03. The van der Waals surface area contributed by atoms with Crippen LogP contribution in [-0.2, 0) is 20.7 Å². The van der Waals surface area contributed by atoms with Crippen LogP contribution in [0.1, 0.15) is 18.4 Å². The molecule has 0 radical (unpaired) electrons. The van der Waals surface area contributed by atoms with Crippen LogP contribution in [-0.4, -0.2) is 28.4 Å². The van der Waals surface area contributed by atoms with Gasteiger partial charge in [-0.2, -0.15) is 0 Å². The van der Waals surface area contributed by atoms with E-state index in [0.717, 1.165) is 22.9 Å². The van der Waals surface area contributed by atoms with Crippen molar-refractivity contribution in [2.24, 2.45) is 0 Å². The molecule has 3 rings (SSSR count). The lowest BCUT2D eigenvalue weighted by Gasteiger charge is -2.02. The van der Waals surface area contributed by atoms with E-state index < -0.39 is 11.8 Å². The molecule has 5 heteroatoms. The second kappa shape index (κ2) is 5.44. The number of nitrogens with one attached hydrogen (secondary N) is 1. The molecular formula is C16H15NO4. The van der Waals surface area contributed by atoms with Crippen molar-refractivity contribution in [2.75, 3.05) is 6.61 Å². The highest BCUT2D eigenvalue weighted by atomic mass is 16.5. The zero-order chi connectivity index (χ0) is 14.8. The minimum absolute atomic E-state index is 0.164. The molecule has 0 unspecified atom stereocenters. The third kappa shape index (κ3) is 2.54. The Labute approximate surface area is 121 Å². The summed E-state index contributed by atoms with van der Waals surface area (Å²) in [6.45, 7) is -0.263. The van der Waals surface area contributed by atoms with Gasteiger partial charge in [0.2, 0.25) is 5.78 Å². The number of aliphatic hydroxyl groups is 1. The number of aromatic amines is 1. The smallest absolute Gasteiger partial charge is 0.345 e. The zero-order valence-corrected chi connectivity index (χ0v) is 11.4. The predicted molar refractivity (Wildman–Crippen MR) is 76.9 cm³/mol. The minimum Gasteiger partial charge on any atom is -0.511 e. The SMILES string of the molecule is O=C1COC(=O)C1=C(O)CCCc1c[nH]c2ccccc12. The van der Waals surface area contributed by atoms with Crippen molar-refractivity contribution >= 4 is 22.7 Å². The fourth-order valence-electron chi connectivity index (χ4n) is 2.58. The monoisotopic (exact) mass is 285 g/mol. The molecule has 2 aromatic rings. The van der Waals surface area contributed by atoms with E-state index in [2.05, 4.69) is 9.72 Å². The summed E-state index contributed by atoms with van der Waals surface area (Å²) in [6, 6.07) is 7.99. The largest absolute Gasteiger partial charge is 0.511 e. The average molecular weight is 285 g/mol. The molecule has 1 aliphatic rings. The number of aliphatic hydroxyl groups excluding tert-OH is 1. The first-order valence-electron chi connectivity index (χ1n) is 6.84. The maximum absolute atomic E-state index is 11.4. The van der Waals surface area contributed by atoms with Gasteiger partial charge in [-0.15, -0.1) is 0 Å². The molecular weight excluding hydrogens is 270 g/mol. The Balaban J connectivity index is 1.68. The Morgan fingerprint density at radius 1 is 1.29 bits per heavy atom.